The second-order valence-corrected chi connectivity index (χ2v) is 6.21. The highest BCUT2D eigenvalue weighted by Gasteiger charge is 2.30. The standard InChI is InChI=1S/C17H26N2O4/c1-3-12(4-2)14-11-15(23-18-14)17(22)19-10-6-5-7-13(19)8-9-16(20)21/h11-13H,3-10H2,1-2H3,(H,20,21)/t13-/m1/s1. The highest BCUT2D eigenvalue weighted by molar-refractivity contribution is 5.91. The van der Waals surface area contributed by atoms with Crippen LogP contribution in [-0.4, -0.2) is 39.6 Å². The first-order valence-electron chi connectivity index (χ1n) is 8.56. The van der Waals surface area contributed by atoms with Crippen molar-refractivity contribution in [2.45, 2.75) is 70.8 Å². The summed E-state index contributed by atoms with van der Waals surface area (Å²) >= 11 is 0. The van der Waals surface area contributed by atoms with Gasteiger partial charge in [0.25, 0.3) is 5.91 Å². The predicted molar refractivity (Wildman–Crippen MR) is 85.4 cm³/mol. The van der Waals surface area contributed by atoms with Gasteiger partial charge in [0, 0.05) is 31.0 Å². The molecule has 0 unspecified atom stereocenters. The molecular formula is C17H26N2O4. The fourth-order valence-electron chi connectivity index (χ4n) is 3.29. The summed E-state index contributed by atoms with van der Waals surface area (Å²) in [5.41, 5.74) is 0.831. The van der Waals surface area contributed by atoms with Crippen LogP contribution < -0.4 is 0 Å². The average Bonchev–Trinajstić information content (AvgIpc) is 3.03. The average molecular weight is 322 g/mol. The number of carboxylic acids is 1. The summed E-state index contributed by atoms with van der Waals surface area (Å²) in [6, 6.07) is 1.73. The van der Waals surface area contributed by atoms with Crippen molar-refractivity contribution < 1.29 is 19.2 Å². The maximum Gasteiger partial charge on any atom is 0.303 e. The van der Waals surface area contributed by atoms with Crippen molar-refractivity contribution in [2.75, 3.05) is 6.54 Å². The number of likely N-dealkylation sites (tertiary alicyclic amines) is 1. The molecule has 0 saturated carbocycles. The van der Waals surface area contributed by atoms with Crippen LogP contribution in [0.15, 0.2) is 10.6 Å². The molecule has 1 aliphatic rings. The van der Waals surface area contributed by atoms with Crippen molar-refractivity contribution in [1.29, 1.82) is 0 Å². The Bertz CT molecular complexity index is 536. The third-order valence-corrected chi connectivity index (χ3v) is 4.72. The van der Waals surface area contributed by atoms with E-state index in [-0.39, 0.29) is 24.1 Å². The second-order valence-electron chi connectivity index (χ2n) is 6.21. The van der Waals surface area contributed by atoms with Crippen molar-refractivity contribution in [3.63, 3.8) is 0 Å². The van der Waals surface area contributed by atoms with E-state index in [2.05, 4.69) is 19.0 Å². The topological polar surface area (TPSA) is 83.6 Å². The van der Waals surface area contributed by atoms with E-state index >= 15 is 0 Å². The Morgan fingerprint density at radius 3 is 2.78 bits per heavy atom. The number of hydrogen-bond donors (Lipinski definition) is 1. The fraction of sp³-hybridized carbons (Fsp3) is 0.706. The Morgan fingerprint density at radius 1 is 1.39 bits per heavy atom. The lowest BCUT2D eigenvalue weighted by Crippen LogP contribution is -2.43. The van der Waals surface area contributed by atoms with Gasteiger partial charge >= 0.3 is 5.97 Å². The molecule has 1 aromatic heterocycles. The Morgan fingerprint density at radius 2 is 2.13 bits per heavy atom. The maximum absolute atomic E-state index is 12.7. The molecule has 1 fully saturated rings. The number of amides is 1. The molecule has 23 heavy (non-hydrogen) atoms. The Hall–Kier alpha value is -1.85. The lowest BCUT2D eigenvalue weighted by Gasteiger charge is -2.34. The minimum Gasteiger partial charge on any atom is -0.481 e. The van der Waals surface area contributed by atoms with Gasteiger partial charge in [0.15, 0.2) is 0 Å². The van der Waals surface area contributed by atoms with Crippen LogP contribution in [0.25, 0.3) is 0 Å². The first kappa shape index (κ1) is 17.5. The van der Waals surface area contributed by atoms with Crippen LogP contribution >= 0.6 is 0 Å². The van der Waals surface area contributed by atoms with E-state index in [0.717, 1.165) is 37.8 Å². The van der Waals surface area contributed by atoms with Crippen LogP contribution in [0.4, 0.5) is 0 Å². The fourth-order valence-corrected chi connectivity index (χ4v) is 3.29. The van der Waals surface area contributed by atoms with Crippen LogP contribution in [0.5, 0.6) is 0 Å². The summed E-state index contributed by atoms with van der Waals surface area (Å²) in [5.74, 6) is -0.401. The molecule has 1 N–H and O–H groups in total. The van der Waals surface area contributed by atoms with Crippen LogP contribution in [-0.2, 0) is 4.79 Å². The maximum atomic E-state index is 12.7. The number of hydrogen-bond acceptors (Lipinski definition) is 4. The van der Waals surface area contributed by atoms with Gasteiger partial charge in [0.1, 0.15) is 0 Å². The van der Waals surface area contributed by atoms with Crippen molar-refractivity contribution in [3.8, 4) is 0 Å². The molecule has 0 bridgehead atoms. The van der Waals surface area contributed by atoms with Crippen molar-refractivity contribution >= 4 is 11.9 Å². The molecule has 1 atom stereocenters. The zero-order chi connectivity index (χ0) is 16.8. The number of nitrogens with zero attached hydrogens (tertiary/aromatic N) is 2. The quantitative estimate of drug-likeness (QED) is 0.831. The monoisotopic (exact) mass is 322 g/mol. The van der Waals surface area contributed by atoms with Gasteiger partial charge in [-0.3, -0.25) is 9.59 Å². The third kappa shape index (κ3) is 4.33. The van der Waals surface area contributed by atoms with Gasteiger partial charge in [0.2, 0.25) is 5.76 Å². The number of aromatic nitrogens is 1. The smallest absolute Gasteiger partial charge is 0.303 e. The Labute approximate surface area is 136 Å². The third-order valence-electron chi connectivity index (χ3n) is 4.72. The molecule has 0 aromatic carbocycles. The number of carboxylic acid groups (broad SMARTS) is 1. The van der Waals surface area contributed by atoms with E-state index in [1.165, 1.54) is 0 Å². The van der Waals surface area contributed by atoms with E-state index < -0.39 is 5.97 Å². The van der Waals surface area contributed by atoms with E-state index in [1.54, 1.807) is 11.0 Å². The van der Waals surface area contributed by atoms with E-state index in [9.17, 15) is 9.59 Å². The molecule has 128 valence electrons. The van der Waals surface area contributed by atoms with Crippen LogP contribution in [0.2, 0.25) is 0 Å². The predicted octanol–water partition coefficient (Wildman–Crippen LogP) is 3.44. The zero-order valence-corrected chi connectivity index (χ0v) is 14.0. The summed E-state index contributed by atoms with van der Waals surface area (Å²) < 4.78 is 5.28. The Balaban J connectivity index is 2.09. The Kier molecular flexibility index (Phi) is 6.19. The molecular weight excluding hydrogens is 296 g/mol. The lowest BCUT2D eigenvalue weighted by atomic mass is 9.97. The van der Waals surface area contributed by atoms with Gasteiger partial charge in [-0.15, -0.1) is 0 Å². The molecule has 6 nitrogen and oxygen atoms in total. The molecule has 6 heteroatoms. The van der Waals surface area contributed by atoms with E-state index in [0.29, 0.717) is 18.9 Å². The minimum absolute atomic E-state index is 0.0194. The van der Waals surface area contributed by atoms with Gasteiger partial charge in [0.05, 0.1) is 5.69 Å². The first-order valence-corrected chi connectivity index (χ1v) is 8.56. The van der Waals surface area contributed by atoms with Gasteiger partial charge in [-0.1, -0.05) is 19.0 Å². The SMILES string of the molecule is CCC(CC)c1cc(C(=O)N2CCCC[C@@H]2CCC(=O)O)on1. The van der Waals surface area contributed by atoms with E-state index in [1.807, 2.05) is 0 Å². The highest BCUT2D eigenvalue weighted by atomic mass is 16.5. The summed E-state index contributed by atoms with van der Waals surface area (Å²) in [5, 5.41) is 12.9. The normalized spacial score (nSPS) is 18.4. The second kappa shape index (κ2) is 8.13. The minimum atomic E-state index is -0.821. The molecule has 1 aliphatic heterocycles. The van der Waals surface area contributed by atoms with Crippen LogP contribution in [0, 0.1) is 0 Å². The summed E-state index contributed by atoms with van der Waals surface area (Å²) in [6.07, 6.45) is 5.33. The van der Waals surface area contributed by atoms with Crippen molar-refractivity contribution in [1.82, 2.24) is 10.1 Å². The van der Waals surface area contributed by atoms with E-state index in [4.69, 9.17) is 9.63 Å². The van der Waals surface area contributed by atoms with Crippen molar-refractivity contribution in [2.24, 2.45) is 0 Å². The first-order chi connectivity index (χ1) is 11.1. The molecule has 0 aliphatic carbocycles. The van der Waals surface area contributed by atoms with Crippen molar-refractivity contribution in [3.05, 3.63) is 17.5 Å². The molecule has 1 amide bonds. The number of rotatable bonds is 7. The molecule has 1 aromatic rings. The summed E-state index contributed by atoms with van der Waals surface area (Å²) in [4.78, 5) is 25.3. The van der Waals surface area contributed by atoms with Crippen LogP contribution in [0.1, 0.15) is 81.0 Å². The van der Waals surface area contributed by atoms with Gasteiger partial charge in [-0.05, 0) is 38.5 Å². The number of aliphatic carboxylic acids is 1. The summed E-state index contributed by atoms with van der Waals surface area (Å²) in [7, 11) is 0. The highest BCUT2D eigenvalue weighted by Crippen LogP contribution is 2.26. The molecule has 1 saturated heterocycles. The van der Waals surface area contributed by atoms with Gasteiger partial charge < -0.3 is 14.5 Å². The summed E-state index contributed by atoms with van der Waals surface area (Å²) in [6.45, 7) is 4.85. The van der Waals surface area contributed by atoms with Gasteiger partial charge in [-0.2, -0.15) is 0 Å². The number of carbonyl (C=O) groups excluding carboxylic acids is 1. The lowest BCUT2D eigenvalue weighted by molar-refractivity contribution is -0.137. The zero-order valence-electron chi connectivity index (χ0n) is 14.0. The number of carbonyl (C=O) groups is 2. The van der Waals surface area contributed by atoms with Crippen LogP contribution in [0.3, 0.4) is 0 Å². The molecule has 2 heterocycles. The number of piperidine rings is 1. The van der Waals surface area contributed by atoms with Gasteiger partial charge in [-0.25, -0.2) is 0 Å². The largest absolute Gasteiger partial charge is 0.481 e. The molecule has 0 radical (unpaired) electrons. The molecule has 2 rings (SSSR count). The molecule has 0 spiro atoms.